The fourth-order valence-electron chi connectivity index (χ4n) is 3.16. The third-order valence-corrected chi connectivity index (χ3v) is 7.17. The van der Waals surface area contributed by atoms with Crippen molar-refractivity contribution < 1.29 is 17.6 Å². The zero-order valence-electron chi connectivity index (χ0n) is 15.4. The van der Waals surface area contributed by atoms with Crippen molar-refractivity contribution >= 4 is 28.1 Å². The van der Waals surface area contributed by atoms with E-state index in [1.54, 1.807) is 11.6 Å². The molecule has 0 spiro atoms. The molecule has 1 saturated heterocycles. The predicted molar refractivity (Wildman–Crippen MR) is 103 cm³/mol. The minimum atomic E-state index is -3.67. The van der Waals surface area contributed by atoms with Gasteiger partial charge < -0.3 is 9.88 Å². The second-order valence-electron chi connectivity index (χ2n) is 6.68. The maximum absolute atomic E-state index is 13.0. The van der Waals surface area contributed by atoms with Crippen molar-refractivity contribution in [2.45, 2.75) is 24.2 Å². The SMILES string of the molecule is Cn1c(CCNC(=O)C2CCN(S(=O)(=O)c3ccc(F)cc3)CC2)n[nH]c1=S. The zero-order chi connectivity index (χ0) is 20.3. The number of carbonyl (C=O) groups is 1. The van der Waals surface area contributed by atoms with Crippen LogP contribution in [0.15, 0.2) is 29.2 Å². The van der Waals surface area contributed by atoms with Crippen LogP contribution in [0.4, 0.5) is 4.39 Å². The average molecular weight is 428 g/mol. The summed E-state index contributed by atoms with van der Waals surface area (Å²) in [7, 11) is -1.87. The monoisotopic (exact) mass is 427 g/mol. The van der Waals surface area contributed by atoms with Crippen LogP contribution in [0.3, 0.4) is 0 Å². The summed E-state index contributed by atoms with van der Waals surface area (Å²) in [5.41, 5.74) is 0. The van der Waals surface area contributed by atoms with Crippen molar-refractivity contribution in [2.75, 3.05) is 19.6 Å². The van der Waals surface area contributed by atoms with Gasteiger partial charge in [-0.05, 0) is 49.3 Å². The third kappa shape index (κ3) is 4.47. The van der Waals surface area contributed by atoms with E-state index in [0.717, 1.165) is 18.0 Å². The number of sulfonamides is 1. The van der Waals surface area contributed by atoms with Gasteiger partial charge in [-0.3, -0.25) is 9.89 Å². The van der Waals surface area contributed by atoms with Gasteiger partial charge in [0.2, 0.25) is 15.9 Å². The van der Waals surface area contributed by atoms with Gasteiger partial charge in [-0.15, -0.1) is 0 Å². The highest BCUT2D eigenvalue weighted by molar-refractivity contribution is 7.89. The fraction of sp³-hybridized carbons (Fsp3) is 0.471. The maximum atomic E-state index is 13.0. The highest BCUT2D eigenvalue weighted by Crippen LogP contribution is 2.24. The first kappa shape index (κ1) is 20.6. The molecule has 2 heterocycles. The number of nitrogens with zero attached hydrogens (tertiary/aromatic N) is 3. The molecule has 1 aromatic carbocycles. The van der Waals surface area contributed by atoms with Gasteiger partial charge in [0.05, 0.1) is 4.90 Å². The number of nitrogens with one attached hydrogen (secondary N) is 2. The molecule has 0 atom stereocenters. The largest absolute Gasteiger partial charge is 0.355 e. The van der Waals surface area contributed by atoms with Gasteiger partial charge in [0, 0.05) is 39.0 Å². The van der Waals surface area contributed by atoms with E-state index < -0.39 is 15.8 Å². The van der Waals surface area contributed by atoms with Crippen molar-refractivity contribution in [2.24, 2.45) is 13.0 Å². The minimum Gasteiger partial charge on any atom is -0.355 e. The summed E-state index contributed by atoms with van der Waals surface area (Å²) in [4.78, 5) is 12.4. The zero-order valence-corrected chi connectivity index (χ0v) is 17.0. The van der Waals surface area contributed by atoms with Crippen LogP contribution < -0.4 is 5.32 Å². The number of piperidine rings is 1. The lowest BCUT2D eigenvalue weighted by Gasteiger charge is -2.30. The fourth-order valence-corrected chi connectivity index (χ4v) is 4.78. The van der Waals surface area contributed by atoms with Gasteiger partial charge in [-0.1, -0.05) is 0 Å². The first-order valence-electron chi connectivity index (χ1n) is 8.93. The topological polar surface area (TPSA) is 100 Å². The van der Waals surface area contributed by atoms with Gasteiger partial charge in [0.25, 0.3) is 0 Å². The van der Waals surface area contributed by atoms with Crippen LogP contribution >= 0.6 is 12.2 Å². The van der Waals surface area contributed by atoms with E-state index in [2.05, 4.69) is 15.5 Å². The number of aromatic nitrogens is 3. The Hall–Kier alpha value is -2.11. The van der Waals surface area contributed by atoms with E-state index in [1.807, 2.05) is 0 Å². The summed E-state index contributed by atoms with van der Waals surface area (Å²) < 4.78 is 41.9. The Morgan fingerprint density at radius 3 is 2.54 bits per heavy atom. The minimum absolute atomic E-state index is 0.0600. The summed E-state index contributed by atoms with van der Waals surface area (Å²) in [5, 5.41) is 9.67. The van der Waals surface area contributed by atoms with E-state index in [4.69, 9.17) is 12.2 Å². The lowest BCUT2D eigenvalue weighted by atomic mass is 9.97. The standard InChI is InChI=1S/C17H22FN5O3S2/c1-22-15(20-21-17(22)27)6-9-19-16(24)12-7-10-23(11-8-12)28(25,26)14-4-2-13(18)3-5-14/h2-5,12H,6-11H2,1H3,(H,19,24)(H,21,27). The molecule has 0 bridgehead atoms. The van der Waals surface area contributed by atoms with E-state index in [0.29, 0.717) is 30.6 Å². The lowest BCUT2D eigenvalue weighted by Crippen LogP contribution is -2.43. The Morgan fingerprint density at radius 1 is 1.32 bits per heavy atom. The summed E-state index contributed by atoms with van der Waals surface area (Å²) >= 11 is 5.05. The molecule has 0 unspecified atom stereocenters. The van der Waals surface area contributed by atoms with E-state index in [9.17, 15) is 17.6 Å². The Balaban J connectivity index is 1.50. The normalized spacial score (nSPS) is 16.2. The molecule has 1 aliphatic heterocycles. The van der Waals surface area contributed by atoms with E-state index in [-0.39, 0.29) is 29.8 Å². The van der Waals surface area contributed by atoms with Crippen LogP contribution in [-0.4, -0.2) is 53.0 Å². The number of halogens is 1. The molecule has 2 aromatic rings. The first-order chi connectivity index (χ1) is 13.3. The van der Waals surface area contributed by atoms with E-state index in [1.165, 1.54) is 16.4 Å². The molecule has 1 amide bonds. The van der Waals surface area contributed by atoms with Gasteiger partial charge in [-0.2, -0.15) is 9.40 Å². The van der Waals surface area contributed by atoms with Crippen molar-refractivity contribution in [3.05, 3.63) is 40.7 Å². The lowest BCUT2D eigenvalue weighted by molar-refractivity contribution is -0.126. The van der Waals surface area contributed by atoms with Gasteiger partial charge in [-0.25, -0.2) is 12.8 Å². The summed E-state index contributed by atoms with van der Waals surface area (Å²) in [6.07, 6.45) is 1.44. The number of amides is 1. The summed E-state index contributed by atoms with van der Waals surface area (Å²) in [6, 6.07) is 4.77. The van der Waals surface area contributed by atoms with Crippen molar-refractivity contribution in [1.82, 2.24) is 24.4 Å². The molecular formula is C17H22FN5O3S2. The van der Waals surface area contributed by atoms with Gasteiger partial charge >= 0.3 is 0 Å². The smallest absolute Gasteiger partial charge is 0.243 e. The van der Waals surface area contributed by atoms with Crippen LogP contribution in [0.2, 0.25) is 0 Å². The number of benzene rings is 1. The Bertz CT molecular complexity index is 993. The number of H-pyrrole nitrogens is 1. The molecule has 1 aromatic heterocycles. The Morgan fingerprint density at radius 2 is 1.96 bits per heavy atom. The Labute approximate surface area is 167 Å². The van der Waals surface area contributed by atoms with Crippen molar-refractivity contribution in [3.63, 3.8) is 0 Å². The van der Waals surface area contributed by atoms with Crippen LogP contribution in [0.5, 0.6) is 0 Å². The number of hydrogen-bond acceptors (Lipinski definition) is 5. The maximum Gasteiger partial charge on any atom is 0.243 e. The van der Waals surface area contributed by atoms with Gasteiger partial charge in [0.1, 0.15) is 11.6 Å². The van der Waals surface area contributed by atoms with E-state index >= 15 is 0 Å². The molecule has 152 valence electrons. The quantitative estimate of drug-likeness (QED) is 0.679. The highest BCUT2D eigenvalue weighted by Gasteiger charge is 2.32. The molecule has 11 heteroatoms. The molecule has 3 rings (SSSR count). The molecule has 1 aliphatic rings. The van der Waals surface area contributed by atoms with Gasteiger partial charge in [0.15, 0.2) is 4.77 Å². The number of rotatable bonds is 6. The number of hydrogen-bond donors (Lipinski definition) is 2. The average Bonchev–Trinajstić information content (AvgIpc) is 3.00. The summed E-state index contributed by atoms with van der Waals surface area (Å²) in [5.74, 6) is -0.0510. The number of carbonyl (C=O) groups excluding carboxylic acids is 1. The second kappa shape index (κ2) is 8.50. The molecule has 8 nitrogen and oxygen atoms in total. The Kier molecular flexibility index (Phi) is 6.26. The van der Waals surface area contributed by atoms with Crippen LogP contribution in [0.25, 0.3) is 0 Å². The highest BCUT2D eigenvalue weighted by atomic mass is 32.2. The second-order valence-corrected chi connectivity index (χ2v) is 9.00. The number of aromatic amines is 1. The van der Waals surface area contributed by atoms with Crippen LogP contribution in [0, 0.1) is 16.5 Å². The molecule has 0 radical (unpaired) electrons. The molecular weight excluding hydrogens is 405 g/mol. The summed E-state index contributed by atoms with van der Waals surface area (Å²) in [6.45, 7) is 0.942. The molecule has 1 fully saturated rings. The van der Waals surface area contributed by atoms with Crippen molar-refractivity contribution in [1.29, 1.82) is 0 Å². The molecule has 0 aliphatic carbocycles. The van der Waals surface area contributed by atoms with Crippen LogP contribution in [-0.2, 0) is 28.3 Å². The van der Waals surface area contributed by atoms with Crippen LogP contribution in [0.1, 0.15) is 18.7 Å². The molecule has 28 heavy (non-hydrogen) atoms. The first-order valence-corrected chi connectivity index (χ1v) is 10.8. The molecule has 2 N–H and O–H groups in total. The molecule has 0 saturated carbocycles. The van der Waals surface area contributed by atoms with Crippen molar-refractivity contribution in [3.8, 4) is 0 Å². The third-order valence-electron chi connectivity index (χ3n) is 4.90. The predicted octanol–water partition coefficient (Wildman–Crippen LogP) is 1.38.